The van der Waals surface area contributed by atoms with Crippen molar-refractivity contribution < 1.29 is 9.59 Å². The predicted octanol–water partition coefficient (Wildman–Crippen LogP) is 3.37. The second kappa shape index (κ2) is 5.51. The van der Waals surface area contributed by atoms with Crippen LogP contribution in [0, 0.1) is 0 Å². The van der Waals surface area contributed by atoms with Crippen LogP contribution < -0.4 is 5.32 Å². The third-order valence-electron chi connectivity index (χ3n) is 3.17. The maximum atomic E-state index is 12.2. The molecule has 0 spiro atoms. The van der Waals surface area contributed by atoms with E-state index in [-0.39, 0.29) is 23.4 Å². The van der Waals surface area contributed by atoms with E-state index < -0.39 is 0 Å². The van der Waals surface area contributed by atoms with Gasteiger partial charge in [0, 0.05) is 16.9 Å². The summed E-state index contributed by atoms with van der Waals surface area (Å²) >= 11 is 1.46. The minimum absolute atomic E-state index is 0.00219. The van der Waals surface area contributed by atoms with Crippen molar-refractivity contribution in [3.63, 3.8) is 0 Å². The Morgan fingerprint density at radius 1 is 1.05 bits per heavy atom. The minimum Gasteiger partial charge on any atom is -0.324 e. The number of nitrogens with one attached hydrogen (secondary N) is 1. The highest BCUT2D eigenvalue weighted by Crippen LogP contribution is 2.36. The van der Waals surface area contributed by atoms with E-state index in [0.717, 1.165) is 10.6 Å². The molecule has 1 atom stereocenters. The lowest BCUT2D eigenvalue weighted by molar-refractivity contribution is -0.115. The zero-order chi connectivity index (χ0) is 13.9. The van der Waals surface area contributed by atoms with Crippen LogP contribution in [0.25, 0.3) is 0 Å². The topological polar surface area (TPSA) is 46.2 Å². The van der Waals surface area contributed by atoms with Gasteiger partial charge in [-0.05, 0) is 12.1 Å². The number of anilines is 1. The molecule has 3 rings (SSSR count). The lowest BCUT2D eigenvalue weighted by atomic mass is 10.1. The van der Waals surface area contributed by atoms with Gasteiger partial charge in [0.1, 0.15) is 0 Å². The van der Waals surface area contributed by atoms with Crippen LogP contribution in [0.5, 0.6) is 0 Å². The molecule has 0 radical (unpaired) electrons. The molecule has 0 bridgehead atoms. The Labute approximate surface area is 121 Å². The van der Waals surface area contributed by atoms with Gasteiger partial charge in [0.2, 0.25) is 5.91 Å². The van der Waals surface area contributed by atoms with E-state index in [0.29, 0.717) is 5.56 Å². The summed E-state index contributed by atoms with van der Waals surface area (Å²) in [6.45, 7) is 0. The van der Waals surface area contributed by atoms with Crippen LogP contribution in [0.1, 0.15) is 16.8 Å². The fraction of sp³-hybridized carbons (Fsp3) is 0.125. The first-order valence-corrected chi connectivity index (χ1v) is 7.27. The largest absolute Gasteiger partial charge is 0.324 e. The summed E-state index contributed by atoms with van der Waals surface area (Å²) in [6, 6.07) is 16.7. The lowest BCUT2D eigenvalue weighted by Crippen LogP contribution is -2.30. The average molecular weight is 283 g/mol. The van der Waals surface area contributed by atoms with Gasteiger partial charge in [-0.1, -0.05) is 42.5 Å². The van der Waals surface area contributed by atoms with Gasteiger partial charge in [0.15, 0.2) is 5.78 Å². The predicted molar refractivity (Wildman–Crippen MR) is 80.1 cm³/mol. The summed E-state index contributed by atoms with van der Waals surface area (Å²) < 4.78 is 0. The Morgan fingerprint density at radius 3 is 2.55 bits per heavy atom. The number of hydrogen-bond donors (Lipinski definition) is 1. The Bertz CT molecular complexity index is 655. The smallest absolute Gasteiger partial charge is 0.238 e. The highest BCUT2D eigenvalue weighted by Gasteiger charge is 2.28. The van der Waals surface area contributed by atoms with Crippen molar-refractivity contribution in [3.8, 4) is 0 Å². The molecule has 0 saturated carbocycles. The number of carbonyl (C=O) groups excluding carboxylic acids is 2. The summed E-state index contributed by atoms with van der Waals surface area (Å²) in [5.74, 6) is -0.101. The number of ketones is 1. The van der Waals surface area contributed by atoms with E-state index in [2.05, 4.69) is 5.32 Å². The first-order valence-electron chi connectivity index (χ1n) is 6.39. The van der Waals surface area contributed by atoms with E-state index >= 15 is 0 Å². The second-order valence-electron chi connectivity index (χ2n) is 4.59. The molecule has 1 N–H and O–H groups in total. The molecule has 0 aliphatic carbocycles. The quantitative estimate of drug-likeness (QED) is 0.878. The van der Waals surface area contributed by atoms with Crippen molar-refractivity contribution in [2.24, 2.45) is 0 Å². The molecule has 3 nitrogen and oxygen atoms in total. The molecular formula is C16H13NO2S. The van der Waals surface area contributed by atoms with Crippen molar-refractivity contribution in [2.75, 3.05) is 5.32 Å². The Hall–Kier alpha value is -2.07. The Kier molecular flexibility index (Phi) is 3.56. The Balaban J connectivity index is 1.76. The number of para-hydroxylation sites is 1. The standard InChI is InChI=1S/C16H13NO2S/c18-13(11-6-2-1-3-7-11)10-15-16(19)17-12-8-4-5-9-14(12)20-15/h1-9,15H,10H2,(H,17,19)/t15-/m0/s1. The van der Waals surface area contributed by atoms with Gasteiger partial charge in [0.05, 0.1) is 10.9 Å². The Morgan fingerprint density at radius 2 is 1.75 bits per heavy atom. The summed E-state index contributed by atoms with van der Waals surface area (Å²) in [7, 11) is 0. The van der Waals surface area contributed by atoms with Gasteiger partial charge >= 0.3 is 0 Å². The summed E-state index contributed by atoms with van der Waals surface area (Å²) in [4.78, 5) is 25.2. The van der Waals surface area contributed by atoms with Gasteiger partial charge in [-0.15, -0.1) is 11.8 Å². The van der Waals surface area contributed by atoms with Gasteiger partial charge in [-0.2, -0.15) is 0 Å². The van der Waals surface area contributed by atoms with Gasteiger partial charge in [-0.3, -0.25) is 9.59 Å². The van der Waals surface area contributed by atoms with Crippen LogP contribution in [0.4, 0.5) is 5.69 Å². The molecule has 0 unspecified atom stereocenters. The molecule has 2 aromatic rings. The number of thioether (sulfide) groups is 1. The van der Waals surface area contributed by atoms with Crippen molar-refractivity contribution in [3.05, 3.63) is 60.2 Å². The van der Waals surface area contributed by atoms with E-state index in [1.165, 1.54) is 11.8 Å². The third-order valence-corrected chi connectivity index (χ3v) is 4.45. The highest BCUT2D eigenvalue weighted by molar-refractivity contribution is 8.01. The molecule has 2 aromatic carbocycles. The molecule has 20 heavy (non-hydrogen) atoms. The van der Waals surface area contributed by atoms with Gasteiger partial charge < -0.3 is 5.32 Å². The van der Waals surface area contributed by atoms with Crippen molar-refractivity contribution >= 4 is 29.1 Å². The van der Waals surface area contributed by atoms with Crippen LogP contribution in [-0.2, 0) is 4.79 Å². The number of hydrogen-bond acceptors (Lipinski definition) is 3. The van der Waals surface area contributed by atoms with Crippen molar-refractivity contribution in [2.45, 2.75) is 16.6 Å². The van der Waals surface area contributed by atoms with E-state index in [4.69, 9.17) is 0 Å². The number of fused-ring (bicyclic) bond motifs is 1. The first-order chi connectivity index (χ1) is 9.74. The number of Topliss-reactive ketones (excluding diaryl/α,β-unsaturated/α-hetero) is 1. The third kappa shape index (κ3) is 2.60. The molecule has 0 fully saturated rings. The maximum Gasteiger partial charge on any atom is 0.238 e. The lowest BCUT2D eigenvalue weighted by Gasteiger charge is -2.23. The molecule has 0 aromatic heterocycles. The van der Waals surface area contributed by atoms with Crippen LogP contribution in [0.3, 0.4) is 0 Å². The number of benzene rings is 2. The molecule has 1 heterocycles. The fourth-order valence-corrected chi connectivity index (χ4v) is 3.25. The molecule has 4 heteroatoms. The second-order valence-corrected chi connectivity index (χ2v) is 5.83. The molecule has 1 aliphatic heterocycles. The molecule has 0 saturated heterocycles. The van der Waals surface area contributed by atoms with Crippen LogP contribution >= 0.6 is 11.8 Å². The molecule has 1 aliphatic rings. The minimum atomic E-state index is -0.363. The summed E-state index contributed by atoms with van der Waals surface area (Å²) in [5.41, 5.74) is 1.48. The summed E-state index contributed by atoms with van der Waals surface area (Å²) in [6.07, 6.45) is 0.217. The van der Waals surface area contributed by atoms with Crippen molar-refractivity contribution in [1.82, 2.24) is 0 Å². The molecule has 100 valence electrons. The van der Waals surface area contributed by atoms with Gasteiger partial charge in [0.25, 0.3) is 0 Å². The zero-order valence-electron chi connectivity index (χ0n) is 10.7. The monoisotopic (exact) mass is 283 g/mol. The van der Waals surface area contributed by atoms with E-state index in [9.17, 15) is 9.59 Å². The van der Waals surface area contributed by atoms with Crippen LogP contribution in [-0.4, -0.2) is 16.9 Å². The van der Waals surface area contributed by atoms with Crippen LogP contribution in [0.2, 0.25) is 0 Å². The summed E-state index contributed by atoms with van der Waals surface area (Å²) in [5, 5.41) is 2.49. The zero-order valence-corrected chi connectivity index (χ0v) is 11.5. The highest BCUT2D eigenvalue weighted by atomic mass is 32.2. The number of amides is 1. The fourth-order valence-electron chi connectivity index (χ4n) is 2.14. The molecule has 1 amide bonds. The normalized spacial score (nSPS) is 17.2. The first kappa shape index (κ1) is 12.9. The van der Waals surface area contributed by atoms with Gasteiger partial charge in [-0.25, -0.2) is 0 Å². The average Bonchev–Trinajstić information content (AvgIpc) is 2.49. The van der Waals surface area contributed by atoms with Crippen molar-refractivity contribution in [1.29, 1.82) is 0 Å². The van der Waals surface area contributed by atoms with Crippen LogP contribution in [0.15, 0.2) is 59.5 Å². The number of rotatable bonds is 3. The maximum absolute atomic E-state index is 12.2. The van der Waals surface area contributed by atoms with E-state index in [1.807, 2.05) is 42.5 Å². The SMILES string of the molecule is O=C(C[C@@H]1Sc2ccccc2NC1=O)c1ccccc1. The van der Waals surface area contributed by atoms with E-state index in [1.54, 1.807) is 12.1 Å². The molecular weight excluding hydrogens is 270 g/mol. The number of carbonyl (C=O) groups is 2.